The van der Waals surface area contributed by atoms with Gasteiger partial charge < -0.3 is 4.57 Å². The standard InChI is InChI=1S/C22H15F2N/c23-18-10-6-16(7-11-18)21-14-15-22(17-8-12-19(24)13-9-17)25(21)20-4-2-1-3-5-20/h1-15H. The first-order valence-electron chi connectivity index (χ1n) is 8.01. The smallest absolute Gasteiger partial charge is 0.123 e. The topological polar surface area (TPSA) is 4.93 Å². The summed E-state index contributed by atoms with van der Waals surface area (Å²) in [6, 6.07) is 26.8. The van der Waals surface area contributed by atoms with Crippen molar-refractivity contribution in [2.24, 2.45) is 0 Å². The Kier molecular flexibility index (Phi) is 3.90. The lowest BCUT2D eigenvalue weighted by molar-refractivity contribution is 0.627. The highest BCUT2D eigenvalue weighted by molar-refractivity contribution is 5.73. The van der Waals surface area contributed by atoms with Gasteiger partial charge in [0.1, 0.15) is 11.6 Å². The third kappa shape index (κ3) is 2.96. The summed E-state index contributed by atoms with van der Waals surface area (Å²) in [6.07, 6.45) is 0. The molecule has 0 unspecified atom stereocenters. The number of para-hydroxylation sites is 1. The number of hydrogen-bond donors (Lipinski definition) is 0. The lowest BCUT2D eigenvalue weighted by atomic mass is 10.1. The van der Waals surface area contributed by atoms with Gasteiger partial charge in [0.25, 0.3) is 0 Å². The highest BCUT2D eigenvalue weighted by atomic mass is 19.1. The Hall–Kier alpha value is -3.20. The number of benzene rings is 3. The second kappa shape index (κ2) is 6.36. The zero-order valence-corrected chi connectivity index (χ0v) is 13.4. The second-order valence-corrected chi connectivity index (χ2v) is 5.79. The molecule has 0 saturated heterocycles. The molecule has 1 heterocycles. The zero-order chi connectivity index (χ0) is 17.2. The van der Waals surface area contributed by atoms with Gasteiger partial charge in [-0.3, -0.25) is 0 Å². The minimum absolute atomic E-state index is 0.264. The van der Waals surface area contributed by atoms with Gasteiger partial charge in [-0.05, 0) is 83.9 Å². The molecule has 1 aromatic heterocycles. The maximum absolute atomic E-state index is 13.3. The van der Waals surface area contributed by atoms with Crippen LogP contribution >= 0.6 is 0 Å². The minimum atomic E-state index is -0.264. The van der Waals surface area contributed by atoms with Gasteiger partial charge >= 0.3 is 0 Å². The summed E-state index contributed by atoms with van der Waals surface area (Å²) in [5.41, 5.74) is 4.72. The van der Waals surface area contributed by atoms with Crippen molar-refractivity contribution in [3.05, 3.63) is 103 Å². The summed E-state index contributed by atoms with van der Waals surface area (Å²) < 4.78 is 28.7. The van der Waals surface area contributed by atoms with Crippen LogP contribution in [-0.2, 0) is 0 Å². The van der Waals surface area contributed by atoms with Crippen molar-refractivity contribution in [1.29, 1.82) is 0 Å². The summed E-state index contributed by atoms with van der Waals surface area (Å²) in [4.78, 5) is 0. The predicted octanol–water partition coefficient (Wildman–Crippen LogP) is 6.09. The van der Waals surface area contributed by atoms with Crippen molar-refractivity contribution in [2.45, 2.75) is 0 Å². The number of halogens is 2. The first kappa shape index (κ1) is 15.3. The van der Waals surface area contributed by atoms with Gasteiger partial charge in [0.2, 0.25) is 0 Å². The molecular weight excluding hydrogens is 316 g/mol. The third-order valence-corrected chi connectivity index (χ3v) is 4.18. The zero-order valence-electron chi connectivity index (χ0n) is 13.4. The Morgan fingerprint density at radius 1 is 0.480 bits per heavy atom. The van der Waals surface area contributed by atoms with Gasteiger partial charge in [-0.2, -0.15) is 0 Å². The van der Waals surface area contributed by atoms with Crippen LogP contribution in [0.3, 0.4) is 0 Å². The maximum Gasteiger partial charge on any atom is 0.123 e. The molecule has 122 valence electrons. The molecular formula is C22H15F2N. The van der Waals surface area contributed by atoms with Crippen LogP contribution in [0.4, 0.5) is 8.78 Å². The van der Waals surface area contributed by atoms with E-state index in [2.05, 4.69) is 4.57 Å². The molecule has 0 aliphatic rings. The van der Waals surface area contributed by atoms with Gasteiger partial charge in [0.15, 0.2) is 0 Å². The summed E-state index contributed by atoms with van der Waals surface area (Å²) in [7, 11) is 0. The molecule has 0 spiro atoms. The van der Waals surface area contributed by atoms with E-state index in [-0.39, 0.29) is 11.6 Å². The molecule has 0 amide bonds. The number of rotatable bonds is 3. The quantitative estimate of drug-likeness (QED) is 0.428. The second-order valence-electron chi connectivity index (χ2n) is 5.79. The number of nitrogens with zero attached hydrogens (tertiary/aromatic N) is 1. The summed E-state index contributed by atoms with van der Waals surface area (Å²) >= 11 is 0. The third-order valence-electron chi connectivity index (χ3n) is 4.18. The molecule has 0 bridgehead atoms. The van der Waals surface area contributed by atoms with E-state index >= 15 is 0 Å². The molecule has 0 N–H and O–H groups in total. The van der Waals surface area contributed by atoms with E-state index < -0.39 is 0 Å². The van der Waals surface area contributed by atoms with Crippen molar-refractivity contribution in [1.82, 2.24) is 4.57 Å². The molecule has 0 fully saturated rings. The van der Waals surface area contributed by atoms with E-state index in [9.17, 15) is 8.78 Å². The minimum Gasteiger partial charge on any atom is -0.309 e. The normalized spacial score (nSPS) is 10.8. The Balaban J connectivity index is 1.94. The van der Waals surface area contributed by atoms with Crippen LogP contribution in [0.2, 0.25) is 0 Å². The van der Waals surface area contributed by atoms with Crippen molar-refractivity contribution in [3.63, 3.8) is 0 Å². The Morgan fingerprint density at radius 3 is 1.36 bits per heavy atom. The van der Waals surface area contributed by atoms with Crippen LogP contribution in [0.1, 0.15) is 0 Å². The number of hydrogen-bond acceptors (Lipinski definition) is 0. The van der Waals surface area contributed by atoms with Gasteiger partial charge in [-0.1, -0.05) is 18.2 Å². The van der Waals surface area contributed by atoms with E-state index in [1.54, 1.807) is 24.3 Å². The first-order chi connectivity index (χ1) is 12.2. The lowest BCUT2D eigenvalue weighted by Gasteiger charge is -2.14. The van der Waals surface area contributed by atoms with Crippen LogP contribution < -0.4 is 0 Å². The van der Waals surface area contributed by atoms with Gasteiger partial charge in [0, 0.05) is 5.69 Å². The van der Waals surface area contributed by atoms with Crippen LogP contribution in [0.5, 0.6) is 0 Å². The van der Waals surface area contributed by atoms with Gasteiger partial charge in [0.05, 0.1) is 11.4 Å². The molecule has 4 aromatic rings. The fraction of sp³-hybridized carbons (Fsp3) is 0. The largest absolute Gasteiger partial charge is 0.309 e. The number of aromatic nitrogens is 1. The van der Waals surface area contributed by atoms with Crippen LogP contribution in [0.25, 0.3) is 28.2 Å². The lowest BCUT2D eigenvalue weighted by Crippen LogP contribution is -1.99. The van der Waals surface area contributed by atoms with Gasteiger partial charge in [-0.15, -0.1) is 0 Å². The van der Waals surface area contributed by atoms with E-state index in [0.717, 1.165) is 28.2 Å². The molecule has 25 heavy (non-hydrogen) atoms. The molecule has 4 rings (SSSR count). The Morgan fingerprint density at radius 2 is 0.920 bits per heavy atom. The van der Waals surface area contributed by atoms with Crippen LogP contribution in [-0.4, -0.2) is 4.57 Å². The monoisotopic (exact) mass is 331 g/mol. The average molecular weight is 331 g/mol. The average Bonchev–Trinajstić information content (AvgIpc) is 3.09. The SMILES string of the molecule is Fc1ccc(-c2ccc(-c3ccc(F)cc3)n2-c2ccccc2)cc1. The van der Waals surface area contributed by atoms with Crippen LogP contribution in [0.15, 0.2) is 91.0 Å². The van der Waals surface area contributed by atoms with Crippen LogP contribution in [0, 0.1) is 11.6 Å². The summed E-state index contributed by atoms with van der Waals surface area (Å²) in [5.74, 6) is -0.527. The summed E-state index contributed by atoms with van der Waals surface area (Å²) in [5, 5.41) is 0. The van der Waals surface area contributed by atoms with E-state index in [0.29, 0.717) is 0 Å². The maximum atomic E-state index is 13.3. The Labute approximate surface area is 144 Å². The molecule has 0 saturated carbocycles. The van der Waals surface area contributed by atoms with Crippen molar-refractivity contribution in [3.8, 4) is 28.2 Å². The predicted molar refractivity (Wildman–Crippen MR) is 96.6 cm³/mol. The van der Waals surface area contributed by atoms with Gasteiger partial charge in [-0.25, -0.2) is 8.78 Å². The van der Waals surface area contributed by atoms with E-state index in [1.807, 2.05) is 42.5 Å². The van der Waals surface area contributed by atoms with E-state index in [4.69, 9.17) is 0 Å². The molecule has 3 heteroatoms. The molecule has 3 aromatic carbocycles. The fourth-order valence-electron chi connectivity index (χ4n) is 2.98. The molecule has 0 atom stereocenters. The van der Waals surface area contributed by atoms with Crippen molar-refractivity contribution in [2.75, 3.05) is 0 Å². The molecule has 0 radical (unpaired) electrons. The van der Waals surface area contributed by atoms with E-state index in [1.165, 1.54) is 24.3 Å². The Bertz CT molecular complexity index is 922. The molecule has 1 nitrogen and oxygen atoms in total. The molecule has 0 aliphatic carbocycles. The highest BCUT2D eigenvalue weighted by Gasteiger charge is 2.13. The highest BCUT2D eigenvalue weighted by Crippen LogP contribution is 2.32. The molecule has 0 aliphatic heterocycles. The first-order valence-corrected chi connectivity index (χ1v) is 8.01. The fourth-order valence-corrected chi connectivity index (χ4v) is 2.98. The summed E-state index contributed by atoms with van der Waals surface area (Å²) in [6.45, 7) is 0. The van der Waals surface area contributed by atoms with Crippen molar-refractivity contribution < 1.29 is 8.78 Å². The van der Waals surface area contributed by atoms with Crippen molar-refractivity contribution >= 4 is 0 Å².